The van der Waals surface area contributed by atoms with Crippen LogP contribution in [0.1, 0.15) is 22.5 Å². The van der Waals surface area contributed by atoms with Gasteiger partial charge in [-0.05, 0) is 0 Å². The summed E-state index contributed by atoms with van der Waals surface area (Å²) in [6.45, 7) is 0. The number of pyridine rings is 1. The van der Waals surface area contributed by atoms with Crippen LogP contribution in [0.2, 0.25) is 0 Å². The van der Waals surface area contributed by atoms with E-state index in [1.165, 1.54) is 0 Å². The van der Waals surface area contributed by atoms with E-state index in [4.69, 9.17) is 0 Å². The predicted molar refractivity (Wildman–Crippen MR) is 44.1 cm³/mol. The molecule has 0 radical (unpaired) electrons. The number of ether oxygens (including phenoxy) is 1. The topological polar surface area (TPSA) is 59.2 Å². The van der Waals surface area contributed by atoms with Gasteiger partial charge >= 0.3 is 6.36 Å². The van der Waals surface area contributed by atoms with Crippen LogP contribution in [-0.2, 0) is 0 Å². The summed E-state index contributed by atoms with van der Waals surface area (Å²) in [6, 6.07) is 0.196. The Balaban J connectivity index is 3.41. The first-order valence-electron chi connectivity index (χ1n) is 4.01. The molecule has 0 saturated heterocycles. The highest BCUT2D eigenvalue weighted by molar-refractivity contribution is 5.75. The first-order chi connectivity index (χ1) is 7.74. The molecule has 0 aliphatic heterocycles. The van der Waals surface area contributed by atoms with Crippen LogP contribution in [0.5, 0.6) is 5.75 Å². The largest absolute Gasteiger partial charge is 0.573 e. The summed E-state index contributed by atoms with van der Waals surface area (Å²) in [4.78, 5) is 22.9. The van der Waals surface area contributed by atoms with Gasteiger partial charge < -0.3 is 9.72 Å². The second-order valence-electron chi connectivity index (χ2n) is 2.79. The van der Waals surface area contributed by atoms with Crippen LogP contribution < -0.4 is 10.3 Å². The molecule has 1 heterocycles. The third kappa shape index (κ3) is 3.26. The van der Waals surface area contributed by atoms with Crippen molar-refractivity contribution in [2.24, 2.45) is 0 Å². The lowest BCUT2D eigenvalue weighted by Crippen LogP contribution is -2.21. The molecule has 1 rings (SSSR count). The van der Waals surface area contributed by atoms with Gasteiger partial charge in [0.25, 0.3) is 12.0 Å². The van der Waals surface area contributed by atoms with Crippen molar-refractivity contribution in [3.8, 4) is 5.75 Å². The number of halogens is 5. The molecule has 0 unspecified atom stereocenters. The zero-order chi connectivity index (χ0) is 13.2. The van der Waals surface area contributed by atoms with Crippen molar-refractivity contribution in [3.05, 3.63) is 27.7 Å². The van der Waals surface area contributed by atoms with Crippen LogP contribution in [0.25, 0.3) is 0 Å². The molecular weight excluding hydrogens is 253 g/mol. The summed E-state index contributed by atoms with van der Waals surface area (Å²) < 4.78 is 63.8. The number of carbonyl (C=O) groups is 1. The first-order valence-corrected chi connectivity index (χ1v) is 4.01. The first kappa shape index (κ1) is 13.1. The molecule has 0 aliphatic carbocycles. The van der Waals surface area contributed by atoms with Crippen LogP contribution in [0.15, 0.2) is 10.9 Å². The van der Waals surface area contributed by atoms with E-state index in [0.717, 1.165) is 0 Å². The summed E-state index contributed by atoms with van der Waals surface area (Å²) >= 11 is 0. The van der Waals surface area contributed by atoms with Gasteiger partial charge in [0.05, 0.1) is 11.3 Å². The Morgan fingerprint density at radius 3 is 2.35 bits per heavy atom. The van der Waals surface area contributed by atoms with E-state index in [1.54, 1.807) is 4.98 Å². The van der Waals surface area contributed by atoms with Gasteiger partial charge in [-0.2, -0.15) is 0 Å². The molecule has 0 saturated carbocycles. The van der Waals surface area contributed by atoms with Crippen molar-refractivity contribution in [2.45, 2.75) is 12.8 Å². The standard InChI is InChI=1S/C8H4F5NO3/c9-7(10)6-3(2-15)14-5(16)1-4(6)17-8(11,12)13/h1-2,7H,(H,14,16). The van der Waals surface area contributed by atoms with Crippen LogP contribution >= 0.6 is 0 Å². The molecule has 0 aliphatic rings. The highest BCUT2D eigenvalue weighted by Gasteiger charge is 2.34. The maximum atomic E-state index is 12.5. The van der Waals surface area contributed by atoms with Crippen molar-refractivity contribution in [1.82, 2.24) is 4.98 Å². The zero-order valence-electron chi connectivity index (χ0n) is 7.85. The molecule has 0 fully saturated rings. The number of rotatable bonds is 3. The molecular formula is C8H4F5NO3. The Morgan fingerprint density at radius 2 is 1.94 bits per heavy atom. The zero-order valence-corrected chi connectivity index (χ0v) is 7.85. The molecule has 0 amide bonds. The number of H-pyrrole nitrogens is 1. The fourth-order valence-electron chi connectivity index (χ4n) is 1.09. The number of aldehydes is 1. The van der Waals surface area contributed by atoms with Crippen molar-refractivity contribution in [3.63, 3.8) is 0 Å². The van der Waals surface area contributed by atoms with Crippen molar-refractivity contribution in [1.29, 1.82) is 0 Å². The maximum Gasteiger partial charge on any atom is 0.573 e. The number of nitrogens with one attached hydrogen (secondary N) is 1. The Labute approximate surface area is 90.0 Å². The van der Waals surface area contributed by atoms with Gasteiger partial charge in [-0.1, -0.05) is 0 Å². The maximum absolute atomic E-state index is 12.5. The lowest BCUT2D eigenvalue weighted by atomic mass is 10.2. The smallest absolute Gasteiger partial charge is 0.405 e. The summed E-state index contributed by atoms with van der Waals surface area (Å²) in [5, 5.41) is 0. The minimum Gasteiger partial charge on any atom is -0.405 e. The molecule has 94 valence electrons. The fourth-order valence-corrected chi connectivity index (χ4v) is 1.09. The van der Waals surface area contributed by atoms with E-state index < -0.39 is 35.4 Å². The molecule has 1 aromatic rings. The van der Waals surface area contributed by atoms with Crippen LogP contribution in [0, 0.1) is 0 Å². The van der Waals surface area contributed by atoms with Crippen LogP contribution in [0.4, 0.5) is 22.0 Å². The summed E-state index contributed by atoms with van der Waals surface area (Å²) in [6.07, 6.45) is -8.83. The number of hydrogen-bond acceptors (Lipinski definition) is 3. The van der Waals surface area contributed by atoms with Crippen molar-refractivity contribution < 1.29 is 31.5 Å². The Hall–Kier alpha value is -1.93. The lowest BCUT2D eigenvalue weighted by Gasteiger charge is -2.13. The second kappa shape index (κ2) is 4.52. The molecule has 17 heavy (non-hydrogen) atoms. The van der Waals surface area contributed by atoms with E-state index in [2.05, 4.69) is 4.74 Å². The highest BCUT2D eigenvalue weighted by Crippen LogP contribution is 2.32. The van der Waals surface area contributed by atoms with Crippen molar-refractivity contribution in [2.75, 3.05) is 0 Å². The molecule has 0 atom stereocenters. The molecule has 0 aromatic carbocycles. The van der Waals surface area contributed by atoms with E-state index in [0.29, 0.717) is 0 Å². The minimum absolute atomic E-state index is 0.188. The second-order valence-corrected chi connectivity index (χ2v) is 2.79. The van der Waals surface area contributed by atoms with Crippen molar-refractivity contribution >= 4 is 6.29 Å². The number of aromatic nitrogens is 1. The van der Waals surface area contributed by atoms with Crippen LogP contribution in [0.3, 0.4) is 0 Å². The van der Waals surface area contributed by atoms with Gasteiger partial charge in [0.2, 0.25) is 0 Å². The Bertz CT molecular complexity index is 479. The monoisotopic (exact) mass is 257 g/mol. The van der Waals surface area contributed by atoms with Gasteiger partial charge in [0, 0.05) is 6.07 Å². The molecule has 0 bridgehead atoms. The minimum atomic E-state index is -5.24. The van der Waals surface area contributed by atoms with Gasteiger partial charge in [0.1, 0.15) is 5.75 Å². The Kier molecular flexibility index (Phi) is 3.49. The predicted octanol–water partition coefficient (Wildman–Crippen LogP) is 2.02. The van der Waals surface area contributed by atoms with Crippen LogP contribution in [-0.4, -0.2) is 17.6 Å². The van der Waals surface area contributed by atoms with Gasteiger partial charge in [-0.25, -0.2) is 8.78 Å². The SMILES string of the molecule is O=Cc1[nH]c(=O)cc(OC(F)(F)F)c1C(F)F. The number of alkyl halides is 5. The molecule has 9 heteroatoms. The Morgan fingerprint density at radius 1 is 1.35 bits per heavy atom. The highest BCUT2D eigenvalue weighted by atomic mass is 19.4. The molecule has 1 N–H and O–H groups in total. The average Bonchev–Trinajstić information content (AvgIpc) is 2.12. The lowest BCUT2D eigenvalue weighted by molar-refractivity contribution is -0.275. The van der Waals surface area contributed by atoms with E-state index >= 15 is 0 Å². The summed E-state index contributed by atoms with van der Waals surface area (Å²) in [5.74, 6) is -1.39. The summed E-state index contributed by atoms with van der Waals surface area (Å²) in [7, 11) is 0. The number of hydrogen-bond donors (Lipinski definition) is 1. The number of carbonyl (C=O) groups excluding carboxylic acids is 1. The molecule has 4 nitrogen and oxygen atoms in total. The van der Waals surface area contributed by atoms with E-state index in [-0.39, 0.29) is 12.4 Å². The van der Waals surface area contributed by atoms with E-state index in [9.17, 15) is 31.5 Å². The van der Waals surface area contributed by atoms with Gasteiger partial charge in [-0.15, -0.1) is 13.2 Å². The van der Waals surface area contributed by atoms with Gasteiger partial charge in [-0.3, -0.25) is 9.59 Å². The quantitative estimate of drug-likeness (QED) is 0.665. The van der Waals surface area contributed by atoms with E-state index in [1.807, 2.05) is 0 Å². The van der Waals surface area contributed by atoms with Gasteiger partial charge in [0.15, 0.2) is 6.29 Å². The third-order valence-electron chi connectivity index (χ3n) is 1.64. The average molecular weight is 257 g/mol. The molecule has 0 spiro atoms. The normalized spacial score (nSPS) is 11.6. The third-order valence-corrected chi connectivity index (χ3v) is 1.64. The number of aromatic amines is 1. The fraction of sp³-hybridized carbons (Fsp3) is 0.250. The summed E-state index contributed by atoms with van der Waals surface area (Å²) in [5.41, 5.74) is -3.42. The molecule has 1 aromatic heterocycles.